The van der Waals surface area contributed by atoms with Crippen LogP contribution < -0.4 is 16.0 Å². The van der Waals surface area contributed by atoms with E-state index in [0.717, 1.165) is 4.90 Å². The summed E-state index contributed by atoms with van der Waals surface area (Å²) in [6, 6.07) is 9.85. The first-order valence-corrected chi connectivity index (χ1v) is 9.57. The van der Waals surface area contributed by atoms with E-state index in [1.165, 1.54) is 16.2 Å². The van der Waals surface area contributed by atoms with Crippen molar-refractivity contribution >= 4 is 40.8 Å². The van der Waals surface area contributed by atoms with E-state index < -0.39 is 35.8 Å². The molecule has 28 heavy (non-hydrogen) atoms. The highest BCUT2D eigenvalue weighted by Gasteiger charge is 2.49. The number of para-hydroxylation sites is 1. The SMILES string of the molecule is CC1(c2ccsc2)NC(=O)N(CC(=O)N(CCC(N)=O)c2ccccc2)C1=O. The molecule has 2 heterocycles. The van der Waals surface area contributed by atoms with E-state index in [2.05, 4.69) is 5.32 Å². The fourth-order valence-corrected chi connectivity index (χ4v) is 3.80. The van der Waals surface area contributed by atoms with E-state index in [9.17, 15) is 19.2 Å². The lowest BCUT2D eigenvalue weighted by Crippen LogP contribution is -2.45. The van der Waals surface area contributed by atoms with Crippen LogP contribution in [0.15, 0.2) is 47.2 Å². The first kappa shape index (κ1) is 19.6. The number of rotatable bonds is 7. The molecule has 1 atom stereocenters. The van der Waals surface area contributed by atoms with Gasteiger partial charge in [0, 0.05) is 18.7 Å². The molecule has 146 valence electrons. The van der Waals surface area contributed by atoms with Gasteiger partial charge in [-0.3, -0.25) is 19.3 Å². The minimum atomic E-state index is -1.21. The summed E-state index contributed by atoms with van der Waals surface area (Å²) in [6.45, 7) is 1.24. The number of anilines is 1. The molecule has 2 aromatic rings. The number of urea groups is 1. The summed E-state index contributed by atoms with van der Waals surface area (Å²) in [5, 5.41) is 6.26. The molecule has 1 aromatic carbocycles. The summed E-state index contributed by atoms with van der Waals surface area (Å²) in [5.74, 6) is -1.52. The number of amides is 5. The predicted molar refractivity (Wildman–Crippen MR) is 105 cm³/mol. The van der Waals surface area contributed by atoms with Crippen LogP contribution in [0.2, 0.25) is 0 Å². The molecule has 1 aromatic heterocycles. The van der Waals surface area contributed by atoms with E-state index >= 15 is 0 Å². The van der Waals surface area contributed by atoms with Crippen LogP contribution in [0.25, 0.3) is 0 Å². The molecular weight excluding hydrogens is 380 g/mol. The van der Waals surface area contributed by atoms with Crippen molar-refractivity contribution in [2.75, 3.05) is 18.0 Å². The number of hydrogen-bond acceptors (Lipinski definition) is 5. The Morgan fingerprint density at radius 2 is 1.93 bits per heavy atom. The molecule has 8 nitrogen and oxygen atoms in total. The highest BCUT2D eigenvalue weighted by atomic mass is 32.1. The van der Waals surface area contributed by atoms with Gasteiger partial charge in [-0.25, -0.2) is 4.79 Å². The third kappa shape index (κ3) is 3.74. The second-order valence-corrected chi connectivity index (χ2v) is 7.34. The Balaban J connectivity index is 1.80. The molecule has 1 fully saturated rings. The van der Waals surface area contributed by atoms with Crippen molar-refractivity contribution in [1.82, 2.24) is 10.2 Å². The third-order valence-electron chi connectivity index (χ3n) is 4.62. The minimum absolute atomic E-state index is 0.0343. The van der Waals surface area contributed by atoms with Crippen LogP contribution >= 0.6 is 11.3 Å². The number of thiophene rings is 1. The fourth-order valence-electron chi connectivity index (χ4n) is 3.03. The smallest absolute Gasteiger partial charge is 0.325 e. The molecule has 0 radical (unpaired) electrons. The highest BCUT2D eigenvalue weighted by molar-refractivity contribution is 7.08. The van der Waals surface area contributed by atoms with Gasteiger partial charge in [-0.1, -0.05) is 18.2 Å². The van der Waals surface area contributed by atoms with Crippen LogP contribution in [0.4, 0.5) is 10.5 Å². The molecule has 0 bridgehead atoms. The normalized spacial score (nSPS) is 18.8. The predicted octanol–water partition coefficient (Wildman–Crippen LogP) is 1.42. The summed E-state index contributed by atoms with van der Waals surface area (Å²) >= 11 is 1.41. The van der Waals surface area contributed by atoms with Crippen LogP contribution in [0, 0.1) is 0 Å². The van der Waals surface area contributed by atoms with Gasteiger partial charge in [0.25, 0.3) is 5.91 Å². The number of hydrogen-bond donors (Lipinski definition) is 2. The average Bonchev–Trinajstić information content (AvgIpc) is 3.27. The molecule has 1 unspecified atom stereocenters. The Bertz CT molecular complexity index is 900. The zero-order valence-corrected chi connectivity index (χ0v) is 16.1. The quantitative estimate of drug-likeness (QED) is 0.685. The molecule has 0 spiro atoms. The lowest BCUT2D eigenvalue weighted by molar-refractivity contribution is -0.134. The van der Waals surface area contributed by atoms with Gasteiger partial charge in [0.15, 0.2) is 0 Å². The number of benzene rings is 1. The molecule has 3 N–H and O–H groups in total. The van der Waals surface area contributed by atoms with Crippen LogP contribution in [-0.2, 0) is 19.9 Å². The summed E-state index contributed by atoms with van der Waals surface area (Å²) in [7, 11) is 0. The van der Waals surface area contributed by atoms with Gasteiger partial charge >= 0.3 is 6.03 Å². The number of imide groups is 1. The van der Waals surface area contributed by atoms with E-state index in [4.69, 9.17) is 5.73 Å². The van der Waals surface area contributed by atoms with E-state index in [1.54, 1.807) is 48.7 Å². The number of nitrogens with zero attached hydrogens (tertiary/aromatic N) is 2. The Morgan fingerprint density at radius 3 is 2.54 bits per heavy atom. The summed E-state index contributed by atoms with van der Waals surface area (Å²) in [4.78, 5) is 51.6. The lowest BCUT2D eigenvalue weighted by Gasteiger charge is -2.25. The molecule has 3 rings (SSSR count). The number of carbonyl (C=O) groups is 4. The number of nitrogens with two attached hydrogens (primary N) is 1. The van der Waals surface area contributed by atoms with Crippen molar-refractivity contribution in [1.29, 1.82) is 0 Å². The lowest BCUT2D eigenvalue weighted by atomic mass is 9.95. The van der Waals surface area contributed by atoms with Crippen molar-refractivity contribution in [2.45, 2.75) is 18.9 Å². The number of carbonyl (C=O) groups excluding carboxylic acids is 4. The van der Waals surface area contributed by atoms with Gasteiger partial charge in [-0.2, -0.15) is 11.3 Å². The maximum absolute atomic E-state index is 12.9. The van der Waals surface area contributed by atoms with E-state index in [-0.39, 0.29) is 13.0 Å². The largest absolute Gasteiger partial charge is 0.370 e. The Labute approximate surface area is 165 Å². The second-order valence-electron chi connectivity index (χ2n) is 6.56. The molecule has 1 aliphatic heterocycles. The monoisotopic (exact) mass is 400 g/mol. The zero-order chi connectivity index (χ0) is 20.3. The second kappa shape index (κ2) is 7.81. The first-order chi connectivity index (χ1) is 13.3. The van der Waals surface area contributed by atoms with Gasteiger partial charge in [0.2, 0.25) is 11.8 Å². The highest BCUT2D eigenvalue weighted by Crippen LogP contribution is 2.30. The summed E-state index contributed by atoms with van der Waals surface area (Å²) in [6.07, 6.45) is -0.0343. The van der Waals surface area contributed by atoms with E-state index in [1.807, 2.05) is 5.38 Å². The molecule has 5 amide bonds. The number of nitrogens with one attached hydrogen (secondary N) is 1. The Morgan fingerprint density at radius 1 is 1.21 bits per heavy atom. The third-order valence-corrected chi connectivity index (χ3v) is 5.30. The maximum Gasteiger partial charge on any atom is 0.325 e. The van der Waals surface area contributed by atoms with E-state index in [0.29, 0.717) is 11.3 Å². The summed E-state index contributed by atoms with van der Waals surface area (Å²) in [5.41, 5.74) is 5.23. The summed E-state index contributed by atoms with van der Waals surface area (Å²) < 4.78 is 0. The molecule has 0 aliphatic carbocycles. The minimum Gasteiger partial charge on any atom is -0.370 e. The van der Waals surface area contributed by atoms with Gasteiger partial charge in [0.05, 0.1) is 0 Å². The van der Waals surface area contributed by atoms with Crippen LogP contribution in [0.3, 0.4) is 0 Å². The van der Waals surface area contributed by atoms with Crippen molar-refractivity contribution in [3.63, 3.8) is 0 Å². The van der Waals surface area contributed by atoms with Gasteiger partial charge < -0.3 is 16.0 Å². The standard InChI is InChI=1S/C19H20N4O4S/c1-19(13-8-10-28-12-13)17(26)23(18(27)21-19)11-16(25)22(9-7-15(20)24)14-5-3-2-4-6-14/h2-6,8,10,12H,7,9,11H2,1H3,(H2,20,24)(H,21,27). The Hall–Kier alpha value is -3.20. The van der Waals surface area contributed by atoms with Gasteiger partial charge in [-0.15, -0.1) is 0 Å². The molecule has 1 aliphatic rings. The van der Waals surface area contributed by atoms with Crippen molar-refractivity contribution in [3.05, 3.63) is 52.7 Å². The zero-order valence-electron chi connectivity index (χ0n) is 15.3. The molecular formula is C19H20N4O4S. The Kier molecular flexibility index (Phi) is 5.46. The van der Waals surface area contributed by atoms with Gasteiger partial charge in [0.1, 0.15) is 12.1 Å². The average molecular weight is 400 g/mol. The molecule has 1 saturated heterocycles. The van der Waals surface area contributed by atoms with Crippen LogP contribution in [0.5, 0.6) is 0 Å². The van der Waals surface area contributed by atoms with Gasteiger partial charge in [-0.05, 0) is 41.4 Å². The van der Waals surface area contributed by atoms with Crippen LogP contribution in [-0.4, -0.2) is 41.7 Å². The van der Waals surface area contributed by atoms with Crippen LogP contribution in [0.1, 0.15) is 18.9 Å². The van der Waals surface area contributed by atoms with Crippen molar-refractivity contribution in [2.24, 2.45) is 5.73 Å². The maximum atomic E-state index is 12.9. The number of primary amides is 1. The molecule has 0 saturated carbocycles. The van der Waals surface area contributed by atoms with Crippen molar-refractivity contribution < 1.29 is 19.2 Å². The topological polar surface area (TPSA) is 113 Å². The van der Waals surface area contributed by atoms with Crippen molar-refractivity contribution in [3.8, 4) is 0 Å². The molecule has 9 heteroatoms. The fraction of sp³-hybridized carbons (Fsp3) is 0.263. The first-order valence-electron chi connectivity index (χ1n) is 8.63.